The van der Waals surface area contributed by atoms with Crippen molar-refractivity contribution in [2.45, 2.75) is 32.1 Å². The van der Waals surface area contributed by atoms with Crippen LogP contribution in [0, 0.1) is 0 Å². The molecule has 3 rings (SSSR count). The molecule has 1 amide bonds. The maximum atomic E-state index is 13.6. The first-order chi connectivity index (χ1) is 15.3. The van der Waals surface area contributed by atoms with Gasteiger partial charge in [0, 0.05) is 22.8 Å². The Balaban J connectivity index is 2.22. The molecule has 0 fully saturated rings. The summed E-state index contributed by atoms with van der Waals surface area (Å²) in [6.45, 7) is 3.68. The zero-order chi connectivity index (χ0) is 23.5. The number of amides is 1. The van der Waals surface area contributed by atoms with Gasteiger partial charge in [0.15, 0.2) is 0 Å². The van der Waals surface area contributed by atoms with Crippen molar-refractivity contribution in [3.05, 3.63) is 51.0 Å². The van der Waals surface area contributed by atoms with Crippen LogP contribution in [-0.2, 0) is 38.7 Å². The lowest BCUT2D eigenvalue weighted by Crippen LogP contribution is -2.48. The number of hydrogen-bond acceptors (Lipinski definition) is 8. The number of benzene rings is 1. The predicted molar refractivity (Wildman–Crippen MR) is 118 cm³/mol. The highest BCUT2D eigenvalue weighted by atomic mass is 79.9. The Morgan fingerprint density at radius 3 is 2.53 bits per heavy atom. The molecule has 0 unspecified atom stereocenters. The minimum absolute atomic E-state index is 0.0510. The van der Waals surface area contributed by atoms with Crippen LogP contribution in [0.4, 0.5) is 5.69 Å². The van der Waals surface area contributed by atoms with Gasteiger partial charge in [-0.25, -0.2) is 9.59 Å². The third kappa shape index (κ3) is 4.00. The van der Waals surface area contributed by atoms with E-state index in [-0.39, 0.29) is 42.6 Å². The van der Waals surface area contributed by atoms with Gasteiger partial charge in [-0.05, 0) is 31.5 Å². The second kappa shape index (κ2) is 9.74. The van der Waals surface area contributed by atoms with Gasteiger partial charge in [0.25, 0.3) is 0 Å². The highest BCUT2D eigenvalue weighted by molar-refractivity contribution is 9.10. The average molecular weight is 509 g/mol. The van der Waals surface area contributed by atoms with E-state index in [0.717, 1.165) is 6.42 Å². The van der Waals surface area contributed by atoms with E-state index in [1.807, 2.05) is 6.92 Å². The van der Waals surface area contributed by atoms with Crippen LogP contribution in [-0.4, -0.2) is 44.8 Å². The SMILES string of the molecule is CCCCOC(=O)C1=C(N)OC(C)=C(C(=O)OCCOC)[C@]12C(=O)Nc1ccc(Br)cc12. The minimum atomic E-state index is -1.89. The maximum Gasteiger partial charge on any atom is 0.341 e. The molecule has 9 nitrogen and oxygen atoms in total. The number of carbonyl (C=O) groups excluding carboxylic acids is 3. The molecular weight excluding hydrogens is 484 g/mol. The molecule has 0 saturated heterocycles. The number of nitrogens with two attached hydrogens (primary N) is 1. The Bertz CT molecular complexity index is 972. The van der Waals surface area contributed by atoms with Crippen molar-refractivity contribution in [3.63, 3.8) is 0 Å². The van der Waals surface area contributed by atoms with E-state index < -0.39 is 23.3 Å². The first-order valence-electron chi connectivity index (χ1n) is 10.1. The fraction of sp³-hybridized carbons (Fsp3) is 0.409. The number of methoxy groups -OCH3 is 1. The molecule has 1 spiro atoms. The van der Waals surface area contributed by atoms with E-state index in [0.29, 0.717) is 22.1 Å². The molecule has 0 saturated carbocycles. The third-order valence-corrected chi connectivity index (χ3v) is 5.74. The summed E-state index contributed by atoms with van der Waals surface area (Å²) in [6.07, 6.45) is 1.43. The van der Waals surface area contributed by atoms with Crippen molar-refractivity contribution in [1.29, 1.82) is 0 Å². The lowest BCUT2D eigenvalue weighted by molar-refractivity contribution is -0.144. The van der Waals surface area contributed by atoms with Crippen LogP contribution in [0.15, 0.2) is 45.5 Å². The van der Waals surface area contributed by atoms with Crippen LogP contribution < -0.4 is 11.1 Å². The summed E-state index contributed by atoms with van der Waals surface area (Å²) in [6, 6.07) is 5.05. The Labute approximate surface area is 194 Å². The molecule has 0 aliphatic carbocycles. The summed E-state index contributed by atoms with van der Waals surface area (Å²) in [5, 5.41) is 2.75. The zero-order valence-electron chi connectivity index (χ0n) is 18.1. The van der Waals surface area contributed by atoms with Crippen molar-refractivity contribution in [2.75, 3.05) is 32.2 Å². The molecule has 2 heterocycles. The van der Waals surface area contributed by atoms with Gasteiger partial charge >= 0.3 is 11.9 Å². The van der Waals surface area contributed by atoms with Crippen LogP contribution in [0.5, 0.6) is 0 Å². The number of halogens is 1. The Morgan fingerprint density at radius 2 is 1.84 bits per heavy atom. The molecule has 2 aliphatic rings. The Morgan fingerprint density at radius 1 is 1.16 bits per heavy atom. The molecule has 0 aromatic heterocycles. The zero-order valence-corrected chi connectivity index (χ0v) is 19.7. The average Bonchev–Trinajstić information content (AvgIpc) is 3.00. The molecule has 1 aromatic rings. The maximum absolute atomic E-state index is 13.6. The number of nitrogens with one attached hydrogen (secondary N) is 1. The van der Waals surface area contributed by atoms with E-state index in [9.17, 15) is 14.4 Å². The molecule has 2 aliphatic heterocycles. The van der Waals surface area contributed by atoms with Gasteiger partial charge < -0.3 is 30.0 Å². The van der Waals surface area contributed by atoms with E-state index in [2.05, 4.69) is 21.2 Å². The van der Waals surface area contributed by atoms with Crippen LogP contribution >= 0.6 is 15.9 Å². The highest BCUT2D eigenvalue weighted by Gasteiger charge is 2.61. The summed E-state index contributed by atoms with van der Waals surface area (Å²) in [7, 11) is 1.47. The van der Waals surface area contributed by atoms with Crippen molar-refractivity contribution >= 4 is 39.5 Å². The molecule has 0 bridgehead atoms. The van der Waals surface area contributed by atoms with E-state index in [1.54, 1.807) is 18.2 Å². The molecule has 1 atom stereocenters. The fourth-order valence-corrected chi connectivity index (χ4v) is 4.19. The second-order valence-corrected chi connectivity index (χ2v) is 8.20. The van der Waals surface area contributed by atoms with Crippen LogP contribution in [0.25, 0.3) is 0 Å². The first-order valence-corrected chi connectivity index (χ1v) is 10.9. The first kappa shape index (κ1) is 23.8. The van der Waals surface area contributed by atoms with E-state index in [4.69, 9.17) is 24.7 Å². The fourth-order valence-electron chi connectivity index (χ4n) is 3.83. The van der Waals surface area contributed by atoms with Crippen molar-refractivity contribution < 1.29 is 33.3 Å². The summed E-state index contributed by atoms with van der Waals surface area (Å²) >= 11 is 3.40. The number of fused-ring (bicyclic) bond motifs is 2. The van der Waals surface area contributed by atoms with Gasteiger partial charge in [0.1, 0.15) is 28.9 Å². The van der Waals surface area contributed by atoms with E-state index in [1.165, 1.54) is 14.0 Å². The van der Waals surface area contributed by atoms with Gasteiger partial charge in [-0.3, -0.25) is 4.79 Å². The van der Waals surface area contributed by atoms with Gasteiger partial charge in [0.05, 0.1) is 13.2 Å². The van der Waals surface area contributed by atoms with Crippen LogP contribution in [0.1, 0.15) is 32.3 Å². The molecule has 1 aromatic carbocycles. The van der Waals surface area contributed by atoms with Gasteiger partial charge in [-0.1, -0.05) is 29.3 Å². The standard InChI is InChI=1S/C22H25BrN2O7/c1-4-5-8-30-20(27)17-18(24)32-12(2)16(19(26)31-10-9-29-3)22(17)14-11-13(23)6-7-15(14)25-21(22)28/h6-7,11H,4-5,8-10,24H2,1-3H3,(H,25,28)/t22-/m0/s1. The van der Waals surface area contributed by atoms with Gasteiger partial charge in [-0.2, -0.15) is 0 Å². The largest absolute Gasteiger partial charge is 0.462 e. The predicted octanol–water partition coefficient (Wildman–Crippen LogP) is 2.65. The molecule has 0 radical (unpaired) electrons. The quantitative estimate of drug-likeness (QED) is 0.405. The smallest absolute Gasteiger partial charge is 0.341 e. The van der Waals surface area contributed by atoms with E-state index >= 15 is 0 Å². The summed E-state index contributed by atoms with van der Waals surface area (Å²) in [5.41, 5.74) is 4.64. The molecule has 10 heteroatoms. The Kier molecular flexibility index (Phi) is 7.25. The Hall–Kier alpha value is -2.85. The van der Waals surface area contributed by atoms with Crippen LogP contribution in [0.3, 0.4) is 0 Å². The van der Waals surface area contributed by atoms with Crippen molar-refractivity contribution in [2.24, 2.45) is 5.73 Å². The molecular formula is C22H25BrN2O7. The van der Waals surface area contributed by atoms with Gasteiger partial charge in [0.2, 0.25) is 11.8 Å². The summed E-state index contributed by atoms with van der Waals surface area (Å²) in [4.78, 5) is 39.9. The number of anilines is 1. The number of esters is 2. The van der Waals surface area contributed by atoms with Crippen molar-refractivity contribution in [3.8, 4) is 0 Å². The molecule has 172 valence electrons. The number of ether oxygens (including phenoxy) is 4. The lowest BCUT2D eigenvalue weighted by atomic mass is 9.67. The summed E-state index contributed by atoms with van der Waals surface area (Å²) < 4.78 is 21.8. The second-order valence-electron chi connectivity index (χ2n) is 7.28. The third-order valence-electron chi connectivity index (χ3n) is 5.25. The normalized spacial score (nSPS) is 19.6. The highest BCUT2D eigenvalue weighted by Crippen LogP contribution is 2.53. The number of allylic oxidation sites excluding steroid dienone is 1. The topological polar surface area (TPSA) is 126 Å². The number of hydrogen-bond donors (Lipinski definition) is 2. The summed E-state index contributed by atoms with van der Waals surface area (Å²) in [5.74, 6) is -2.54. The van der Waals surface area contributed by atoms with Gasteiger partial charge in [-0.15, -0.1) is 0 Å². The number of carbonyl (C=O) groups is 3. The monoisotopic (exact) mass is 508 g/mol. The van der Waals surface area contributed by atoms with Crippen LogP contribution in [0.2, 0.25) is 0 Å². The number of rotatable bonds is 8. The number of unbranched alkanes of at least 4 members (excludes halogenated alkanes) is 1. The van der Waals surface area contributed by atoms with Crippen molar-refractivity contribution in [1.82, 2.24) is 0 Å². The minimum Gasteiger partial charge on any atom is -0.462 e. The lowest BCUT2D eigenvalue weighted by Gasteiger charge is -2.35. The molecule has 3 N–H and O–H groups in total. The molecule has 32 heavy (non-hydrogen) atoms.